The van der Waals surface area contributed by atoms with E-state index >= 15 is 0 Å². The van der Waals surface area contributed by atoms with Crippen LogP contribution in [0.2, 0.25) is 0 Å². The number of esters is 1. The minimum atomic E-state index is -0.711. The molecule has 7 heteroatoms. The summed E-state index contributed by atoms with van der Waals surface area (Å²) in [5, 5.41) is 6.54. The van der Waals surface area contributed by atoms with Gasteiger partial charge in [0.05, 0.1) is 7.11 Å². The molecule has 0 bridgehead atoms. The number of carbonyl (C=O) groups is 2. The second kappa shape index (κ2) is 12.8. The molecule has 0 unspecified atom stereocenters. The molecule has 6 nitrogen and oxygen atoms in total. The van der Waals surface area contributed by atoms with Crippen LogP contribution in [0, 0.1) is 5.92 Å². The minimum absolute atomic E-state index is 0.217. The highest BCUT2D eigenvalue weighted by Crippen LogP contribution is 2.14. The standard InChI is InChI=1S/C25H33N3O3S/c1-5-28(20-14-10-7-11-15-20)25(32)27-21(17-19-12-8-6-9-13-19)23(29)26-22(16-18(2)3)24(30)31-4/h6-15,18,21-22H,5,16-17H2,1-4H3,(H,26,29)(H,27,32)/t21-,22-/m0/s1. The molecule has 2 N–H and O–H groups in total. The van der Waals surface area contributed by atoms with Gasteiger partial charge in [0.1, 0.15) is 12.1 Å². The van der Waals surface area contributed by atoms with Gasteiger partial charge in [-0.3, -0.25) is 4.79 Å². The lowest BCUT2D eigenvalue weighted by Gasteiger charge is -2.29. The largest absolute Gasteiger partial charge is 0.467 e. The van der Waals surface area contributed by atoms with Crippen LogP contribution in [0.25, 0.3) is 0 Å². The zero-order valence-electron chi connectivity index (χ0n) is 19.2. The number of anilines is 1. The van der Waals surface area contributed by atoms with E-state index in [1.165, 1.54) is 7.11 Å². The molecule has 32 heavy (non-hydrogen) atoms. The van der Waals surface area contributed by atoms with Crippen LogP contribution in [0.4, 0.5) is 5.69 Å². The van der Waals surface area contributed by atoms with E-state index in [2.05, 4.69) is 10.6 Å². The lowest BCUT2D eigenvalue weighted by molar-refractivity contribution is -0.145. The number of para-hydroxylation sites is 1. The normalized spacial score (nSPS) is 12.5. The average Bonchev–Trinajstić information content (AvgIpc) is 2.79. The van der Waals surface area contributed by atoms with Crippen molar-refractivity contribution in [3.05, 3.63) is 66.2 Å². The second-order valence-corrected chi connectivity index (χ2v) is 8.37. The molecule has 0 saturated heterocycles. The molecule has 2 atom stereocenters. The highest BCUT2D eigenvalue weighted by Gasteiger charge is 2.28. The van der Waals surface area contributed by atoms with Crippen LogP contribution in [-0.4, -0.2) is 42.7 Å². The van der Waals surface area contributed by atoms with Crippen LogP contribution in [0.1, 0.15) is 32.8 Å². The Morgan fingerprint density at radius 3 is 2.09 bits per heavy atom. The first kappa shape index (κ1) is 25.3. The third-order valence-electron chi connectivity index (χ3n) is 5.04. The van der Waals surface area contributed by atoms with Gasteiger partial charge in [-0.05, 0) is 49.2 Å². The van der Waals surface area contributed by atoms with Crippen LogP contribution in [0.5, 0.6) is 0 Å². The van der Waals surface area contributed by atoms with Gasteiger partial charge in [-0.2, -0.15) is 0 Å². The number of rotatable bonds is 10. The average molecular weight is 456 g/mol. The number of nitrogens with one attached hydrogen (secondary N) is 2. The number of carbonyl (C=O) groups excluding carboxylic acids is 2. The number of thiocarbonyl (C=S) groups is 1. The summed E-state index contributed by atoms with van der Waals surface area (Å²) in [5.41, 5.74) is 1.93. The van der Waals surface area contributed by atoms with Gasteiger partial charge in [-0.15, -0.1) is 0 Å². The molecule has 0 fully saturated rings. The van der Waals surface area contributed by atoms with Crippen molar-refractivity contribution in [3.63, 3.8) is 0 Å². The molecule has 0 aliphatic rings. The smallest absolute Gasteiger partial charge is 0.328 e. The highest BCUT2D eigenvalue weighted by molar-refractivity contribution is 7.80. The molecular formula is C25H33N3O3S. The third kappa shape index (κ3) is 7.64. The lowest BCUT2D eigenvalue weighted by Crippen LogP contribution is -2.55. The molecule has 2 rings (SSSR count). The van der Waals surface area contributed by atoms with Gasteiger partial charge < -0.3 is 20.3 Å². The van der Waals surface area contributed by atoms with Crippen molar-refractivity contribution in [3.8, 4) is 0 Å². The Balaban J connectivity index is 2.23. The zero-order chi connectivity index (χ0) is 23.5. The number of nitrogens with zero attached hydrogens (tertiary/aromatic N) is 1. The quantitative estimate of drug-likeness (QED) is 0.421. The lowest BCUT2D eigenvalue weighted by atomic mass is 10.0. The van der Waals surface area contributed by atoms with Gasteiger partial charge in [0.15, 0.2) is 5.11 Å². The maximum Gasteiger partial charge on any atom is 0.328 e. The van der Waals surface area contributed by atoms with E-state index < -0.39 is 18.1 Å². The molecule has 0 aliphatic heterocycles. The summed E-state index contributed by atoms with van der Waals surface area (Å²) in [5.74, 6) is -0.529. The minimum Gasteiger partial charge on any atom is -0.467 e. The van der Waals surface area contributed by atoms with Crippen LogP contribution >= 0.6 is 12.2 Å². The van der Waals surface area contributed by atoms with E-state index in [1.807, 2.05) is 86.3 Å². The van der Waals surface area contributed by atoms with Gasteiger partial charge >= 0.3 is 5.97 Å². The molecule has 0 aromatic heterocycles. The first-order valence-corrected chi connectivity index (χ1v) is 11.3. The van der Waals surface area contributed by atoms with Gasteiger partial charge in [-0.1, -0.05) is 62.4 Å². The number of benzene rings is 2. The van der Waals surface area contributed by atoms with E-state index in [0.29, 0.717) is 24.5 Å². The fourth-order valence-corrected chi connectivity index (χ4v) is 3.81. The van der Waals surface area contributed by atoms with E-state index in [0.717, 1.165) is 11.3 Å². The number of hydrogen-bond donors (Lipinski definition) is 2. The van der Waals surface area contributed by atoms with Crippen molar-refractivity contribution < 1.29 is 14.3 Å². The summed E-state index contributed by atoms with van der Waals surface area (Å²) in [4.78, 5) is 27.5. The van der Waals surface area contributed by atoms with Crippen LogP contribution in [0.3, 0.4) is 0 Å². The maximum atomic E-state index is 13.3. The van der Waals surface area contributed by atoms with Crippen LogP contribution in [0.15, 0.2) is 60.7 Å². The topological polar surface area (TPSA) is 70.7 Å². The highest BCUT2D eigenvalue weighted by atomic mass is 32.1. The summed E-state index contributed by atoms with van der Waals surface area (Å²) < 4.78 is 4.90. The molecule has 0 saturated carbocycles. The van der Waals surface area contributed by atoms with E-state index in [4.69, 9.17) is 17.0 Å². The number of ether oxygens (including phenoxy) is 1. The molecule has 2 aromatic carbocycles. The molecule has 172 valence electrons. The summed E-state index contributed by atoms with van der Waals surface area (Å²) in [6.07, 6.45) is 0.917. The monoisotopic (exact) mass is 455 g/mol. The molecule has 2 aromatic rings. The van der Waals surface area contributed by atoms with Crippen molar-refractivity contribution >= 4 is 34.9 Å². The first-order valence-electron chi connectivity index (χ1n) is 10.9. The van der Waals surface area contributed by atoms with E-state index in [-0.39, 0.29) is 11.8 Å². The first-order chi connectivity index (χ1) is 15.3. The molecule has 0 heterocycles. The van der Waals surface area contributed by atoms with Crippen molar-refractivity contribution in [2.75, 3.05) is 18.6 Å². The number of amides is 1. The van der Waals surface area contributed by atoms with Gasteiger partial charge in [0.2, 0.25) is 5.91 Å². The summed E-state index contributed by atoms with van der Waals surface area (Å²) in [6, 6.07) is 18.1. The Hall–Kier alpha value is -2.93. The molecule has 1 amide bonds. The summed E-state index contributed by atoms with van der Waals surface area (Å²) in [7, 11) is 1.33. The van der Waals surface area contributed by atoms with Gasteiger partial charge in [0.25, 0.3) is 0 Å². The third-order valence-corrected chi connectivity index (χ3v) is 5.37. The number of hydrogen-bond acceptors (Lipinski definition) is 4. The van der Waals surface area contributed by atoms with Gasteiger partial charge in [0, 0.05) is 18.7 Å². The molecule has 0 radical (unpaired) electrons. The maximum absolute atomic E-state index is 13.3. The second-order valence-electron chi connectivity index (χ2n) is 7.99. The molecule has 0 spiro atoms. The Kier molecular flexibility index (Phi) is 10.1. The van der Waals surface area contributed by atoms with Crippen molar-refractivity contribution in [1.29, 1.82) is 0 Å². The van der Waals surface area contributed by atoms with E-state index in [1.54, 1.807) is 0 Å². The van der Waals surface area contributed by atoms with Crippen molar-refractivity contribution in [2.24, 2.45) is 5.92 Å². The SMILES string of the molecule is CCN(C(=S)N[C@@H](Cc1ccccc1)C(=O)N[C@@H](CC(C)C)C(=O)OC)c1ccccc1. The fourth-order valence-electron chi connectivity index (χ4n) is 3.44. The number of methoxy groups -OCH3 is 1. The van der Waals surface area contributed by atoms with Crippen LogP contribution in [-0.2, 0) is 20.7 Å². The van der Waals surface area contributed by atoms with Crippen molar-refractivity contribution in [2.45, 2.75) is 45.7 Å². The Morgan fingerprint density at radius 1 is 0.969 bits per heavy atom. The predicted octanol–water partition coefficient (Wildman–Crippen LogP) is 3.70. The predicted molar refractivity (Wildman–Crippen MR) is 133 cm³/mol. The molecule has 0 aliphatic carbocycles. The zero-order valence-corrected chi connectivity index (χ0v) is 20.0. The van der Waals surface area contributed by atoms with Crippen molar-refractivity contribution in [1.82, 2.24) is 10.6 Å². The summed E-state index contributed by atoms with van der Waals surface area (Å²) >= 11 is 5.67. The Morgan fingerprint density at radius 2 is 1.56 bits per heavy atom. The fraction of sp³-hybridized carbons (Fsp3) is 0.400. The molecular weight excluding hydrogens is 422 g/mol. The van der Waals surface area contributed by atoms with Crippen LogP contribution < -0.4 is 15.5 Å². The summed E-state index contributed by atoms with van der Waals surface area (Å²) in [6.45, 7) is 6.64. The van der Waals surface area contributed by atoms with E-state index in [9.17, 15) is 9.59 Å². The Bertz CT molecular complexity index is 875. The van der Waals surface area contributed by atoms with Gasteiger partial charge in [-0.25, -0.2) is 4.79 Å². The Labute approximate surface area is 196 Å².